The van der Waals surface area contributed by atoms with E-state index in [9.17, 15) is 18.0 Å². The number of nitrogens with zero attached hydrogens (tertiary/aromatic N) is 5. The maximum absolute atomic E-state index is 12.9. The highest BCUT2D eigenvalue weighted by Gasteiger charge is 2.30. The Morgan fingerprint density at radius 3 is 2.42 bits per heavy atom. The molecule has 0 unspecified atom stereocenters. The molecule has 0 radical (unpaired) electrons. The van der Waals surface area contributed by atoms with Crippen LogP contribution in [0.25, 0.3) is 22.3 Å². The van der Waals surface area contributed by atoms with E-state index in [1.165, 1.54) is 19.4 Å². The number of likely N-dealkylation sites (N-methyl/N-ethyl adjacent to an activating group) is 1. The van der Waals surface area contributed by atoms with Gasteiger partial charge in [-0.05, 0) is 29.8 Å². The van der Waals surface area contributed by atoms with Crippen LogP contribution in [0.4, 0.5) is 5.82 Å². The highest BCUT2D eigenvalue weighted by Crippen LogP contribution is 2.27. The van der Waals surface area contributed by atoms with E-state index in [0.717, 1.165) is 10.5 Å². The molecule has 1 saturated heterocycles. The maximum Gasteiger partial charge on any atom is 0.248 e. The summed E-state index contributed by atoms with van der Waals surface area (Å²) in [5.74, 6) is -0.310. The number of imide groups is 1. The molecule has 36 heavy (non-hydrogen) atoms. The van der Waals surface area contributed by atoms with Gasteiger partial charge in [-0.15, -0.1) is 0 Å². The smallest absolute Gasteiger partial charge is 0.248 e. The van der Waals surface area contributed by atoms with Crippen molar-refractivity contribution in [1.29, 1.82) is 0 Å². The van der Waals surface area contributed by atoms with Crippen LogP contribution < -0.4 is 9.62 Å². The van der Waals surface area contributed by atoms with Gasteiger partial charge in [0.15, 0.2) is 5.82 Å². The van der Waals surface area contributed by atoms with Gasteiger partial charge >= 0.3 is 0 Å². The molecule has 4 aromatic rings. The number of sulfonamides is 1. The van der Waals surface area contributed by atoms with Crippen molar-refractivity contribution in [3.8, 4) is 11.3 Å². The van der Waals surface area contributed by atoms with Crippen LogP contribution in [0.15, 0.2) is 78.0 Å². The second-order valence-electron chi connectivity index (χ2n) is 8.30. The van der Waals surface area contributed by atoms with E-state index in [1.54, 1.807) is 35.2 Å². The van der Waals surface area contributed by atoms with Crippen LogP contribution in [-0.2, 0) is 26.2 Å². The van der Waals surface area contributed by atoms with Gasteiger partial charge in [-0.1, -0.05) is 42.5 Å². The van der Waals surface area contributed by atoms with Gasteiger partial charge in [0.25, 0.3) is 0 Å². The van der Waals surface area contributed by atoms with Gasteiger partial charge in [-0.3, -0.25) is 14.5 Å². The van der Waals surface area contributed by atoms with Gasteiger partial charge in [0.05, 0.1) is 29.2 Å². The van der Waals surface area contributed by atoms with Gasteiger partial charge < -0.3 is 4.90 Å². The summed E-state index contributed by atoms with van der Waals surface area (Å²) in [4.78, 5) is 40.5. The zero-order valence-corrected chi connectivity index (χ0v) is 20.1. The fourth-order valence-corrected chi connectivity index (χ4v) is 4.95. The third-order valence-electron chi connectivity index (χ3n) is 5.91. The zero-order valence-electron chi connectivity index (χ0n) is 19.3. The maximum atomic E-state index is 12.9. The fourth-order valence-electron chi connectivity index (χ4n) is 3.88. The van der Waals surface area contributed by atoms with Crippen molar-refractivity contribution in [3.63, 3.8) is 0 Å². The van der Waals surface area contributed by atoms with E-state index < -0.39 is 10.0 Å². The molecule has 2 aromatic carbocycles. The molecule has 0 aliphatic carbocycles. The summed E-state index contributed by atoms with van der Waals surface area (Å²) in [6.07, 6.45) is 1.36. The molecule has 1 aliphatic rings. The fraction of sp³-hybridized carbons (Fsp3) is 0.160. The van der Waals surface area contributed by atoms with Crippen molar-refractivity contribution in [2.75, 3.05) is 25.0 Å². The predicted molar refractivity (Wildman–Crippen MR) is 133 cm³/mol. The number of fused-ring (bicyclic) bond motifs is 1. The van der Waals surface area contributed by atoms with Gasteiger partial charge in [0, 0.05) is 19.2 Å². The first-order valence-electron chi connectivity index (χ1n) is 11.1. The third-order valence-corrected chi connectivity index (χ3v) is 7.31. The molecule has 10 nitrogen and oxygen atoms in total. The number of pyridine rings is 1. The molecule has 0 atom stereocenters. The van der Waals surface area contributed by atoms with Crippen LogP contribution in [0.3, 0.4) is 0 Å². The largest absolute Gasteiger partial charge is 0.336 e. The Bertz CT molecular complexity index is 1560. The summed E-state index contributed by atoms with van der Waals surface area (Å²) >= 11 is 0. The van der Waals surface area contributed by atoms with E-state index in [2.05, 4.69) is 19.7 Å². The second-order valence-corrected chi connectivity index (χ2v) is 10.1. The summed E-state index contributed by atoms with van der Waals surface area (Å²) in [6, 6.07) is 19.2. The molecular formula is C25H22N6O4S. The third kappa shape index (κ3) is 4.66. The minimum Gasteiger partial charge on any atom is -0.336 e. The highest BCUT2D eigenvalue weighted by molar-refractivity contribution is 7.89. The van der Waals surface area contributed by atoms with Crippen LogP contribution in [0, 0.1) is 0 Å². The van der Waals surface area contributed by atoms with Crippen molar-refractivity contribution in [3.05, 3.63) is 78.6 Å². The average Bonchev–Trinajstić information content (AvgIpc) is 2.90. The van der Waals surface area contributed by atoms with E-state index in [-0.39, 0.29) is 36.3 Å². The lowest BCUT2D eigenvalue weighted by Gasteiger charge is -2.31. The summed E-state index contributed by atoms with van der Waals surface area (Å²) in [6.45, 7) is 0.146. The van der Waals surface area contributed by atoms with Crippen LogP contribution >= 0.6 is 0 Å². The lowest BCUT2D eigenvalue weighted by molar-refractivity contribution is -0.143. The molecule has 0 spiro atoms. The molecule has 2 amide bonds. The molecule has 1 fully saturated rings. The van der Waals surface area contributed by atoms with Crippen molar-refractivity contribution < 1.29 is 18.0 Å². The average molecular weight is 503 g/mol. The van der Waals surface area contributed by atoms with Crippen molar-refractivity contribution >= 4 is 38.7 Å². The van der Waals surface area contributed by atoms with Crippen LogP contribution in [0.2, 0.25) is 0 Å². The predicted octanol–water partition coefficient (Wildman–Crippen LogP) is 1.98. The summed E-state index contributed by atoms with van der Waals surface area (Å²) < 4.78 is 28.5. The number of benzene rings is 2. The number of carbonyl (C=O) groups excluding carboxylic acids is 2. The number of piperazine rings is 1. The molecule has 0 saturated carbocycles. The molecule has 5 rings (SSSR count). The van der Waals surface area contributed by atoms with Gasteiger partial charge in [-0.2, -0.15) is 0 Å². The van der Waals surface area contributed by atoms with Crippen LogP contribution in [-0.4, -0.2) is 60.2 Å². The quantitative estimate of drug-likeness (QED) is 0.397. The Morgan fingerprint density at radius 2 is 1.67 bits per heavy atom. The molecule has 1 aliphatic heterocycles. The minimum absolute atomic E-state index is 0.0128. The monoisotopic (exact) mass is 502 g/mol. The summed E-state index contributed by atoms with van der Waals surface area (Å²) in [5.41, 5.74) is 2.89. The molecule has 11 heteroatoms. The molecule has 1 N–H and O–H groups in total. The number of hydrogen-bond acceptors (Lipinski definition) is 8. The molecule has 3 heterocycles. The van der Waals surface area contributed by atoms with Gasteiger partial charge in [0.2, 0.25) is 21.8 Å². The Morgan fingerprint density at radius 1 is 0.917 bits per heavy atom. The SMILES string of the molecule is CN1C(=O)CN(c2ncnc3ccc(-c4cccc(S(=O)(=O)NCc5ccccc5)c4)nc23)CC1=O. The Balaban J connectivity index is 1.47. The van der Waals surface area contributed by atoms with E-state index in [1.807, 2.05) is 30.3 Å². The summed E-state index contributed by atoms with van der Waals surface area (Å²) in [7, 11) is -2.31. The number of aromatic nitrogens is 3. The van der Waals surface area contributed by atoms with Crippen molar-refractivity contribution in [1.82, 2.24) is 24.6 Å². The standard InChI is InChI=1S/C25H22N6O4S/c1-30-22(32)14-31(15-23(30)33)25-24-21(26-16-27-25)11-10-20(29-24)18-8-5-9-19(12-18)36(34,35)28-13-17-6-3-2-4-7-17/h2-12,16,28H,13-15H2,1H3. The molecular weight excluding hydrogens is 480 g/mol. The van der Waals surface area contributed by atoms with E-state index in [4.69, 9.17) is 0 Å². The Labute approximate surface area is 207 Å². The number of carbonyl (C=O) groups is 2. The lowest BCUT2D eigenvalue weighted by Crippen LogP contribution is -2.52. The molecule has 0 bridgehead atoms. The normalized spacial score (nSPS) is 14.5. The molecule has 182 valence electrons. The van der Waals surface area contributed by atoms with Gasteiger partial charge in [-0.25, -0.2) is 28.1 Å². The van der Waals surface area contributed by atoms with E-state index >= 15 is 0 Å². The minimum atomic E-state index is -3.76. The number of nitrogens with one attached hydrogen (secondary N) is 1. The van der Waals surface area contributed by atoms with Gasteiger partial charge in [0.1, 0.15) is 11.8 Å². The Kier molecular flexibility index (Phi) is 6.17. The van der Waals surface area contributed by atoms with Crippen LogP contribution in [0.5, 0.6) is 0 Å². The first-order valence-corrected chi connectivity index (χ1v) is 12.6. The van der Waals surface area contributed by atoms with Crippen molar-refractivity contribution in [2.45, 2.75) is 11.4 Å². The Hall–Kier alpha value is -4.22. The topological polar surface area (TPSA) is 125 Å². The number of rotatable bonds is 6. The number of amides is 2. The first kappa shape index (κ1) is 23.5. The highest BCUT2D eigenvalue weighted by atomic mass is 32.2. The van der Waals surface area contributed by atoms with Crippen LogP contribution in [0.1, 0.15) is 5.56 Å². The first-order chi connectivity index (χ1) is 17.3. The lowest BCUT2D eigenvalue weighted by atomic mass is 10.1. The zero-order chi connectivity index (χ0) is 25.3. The summed E-state index contributed by atoms with van der Waals surface area (Å²) in [5, 5.41) is 0. The van der Waals surface area contributed by atoms with Crippen molar-refractivity contribution in [2.24, 2.45) is 0 Å². The second kappa shape index (κ2) is 9.44. The van der Waals surface area contributed by atoms with E-state index in [0.29, 0.717) is 28.1 Å². The number of anilines is 1. The molecule has 2 aromatic heterocycles. The number of hydrogen-bond donors (Lipinski definition) is 1.